The number of hydrogen-bond donors (Lipinski definition) is 1. The number of fused-ring (bicyclic) bond motifs is 1. The quantitative estimate of drug-likeness (QED) is 0.592. The van der Waals surface area contributed by atoms with Gasteiger partial charge in [0.2, 0.25) is 0 Å². The third-order valence-electron chi connectivity index (χ3n) is 2.05. The lowest BCUT2D eigenvalue weighted by atomic mass is 10.1. The van der Waals surface area contributed by atoms with Gasteiger partial charge in [0.1, 0.15) is 0 Å². The lowest BCUT2D eigenvalue weighted by Gasteiger charge is -2.05. The lowest BCUT2D eigenvalue weighted by Crippen LogP contribution is -2.15. The number of hydrogen-bond acceptors (Lipinski definition) is 3. The summed E-state index contributed by atoms with van der Waals surface area (Å²) in [4.78, 5) is 15.3. The van der Waals surface area contributed by atoms with Crippen LogP contribution in [-0.4, -0.2) is 10.9 Å². The summed E-state index contributed by atoms with van der Waals surface area (Å²) in [6.07, 6.45) is 3.37. The van der Waals surface area contributed by atoms with Crippen molar-refractivity contribution in [3.8, 4) is 0 Å². The van der Waals surface area contributed by atoms with E-state index >= 15 is 0 Å². The van der Waals surface area contributed by atoms with Crippen molar-refractivity contribution < 1.29 is 4.79 Å². The number of amides is 1. The van der Waals surface area contributed by atoms with Gasteiger partial charge in [-0.05, 0) is 17.5 Å². The zero-order chi connectivity index (χ0) is 10.7. The topological polar surface area (TPSA) is 76.7 Å². The van der Waals surface area contributed by atoms with Crippen molar-refractivity contribution in [2.24, 2.45) is 5.22 Å². The number of benzene rings is 1. The van der Waals surface area contributed by atoms with Gasteiger partial charge >= 0.3 is 0 Å². The lowest BCUT2D eigenvalue weighted by molar-refractivity contribution is 0.0954. The highest BCUT2D eigenvalue weighted by atomic mass is 16.2. The molecule has 2 rings (SSSR count). The van der Waals surface area contributed by atoms with Crippen molar-refractivity contribution in [3.05, 3.63) is 47.8 Å². The second-order valence-corrected chi connectivity index (χ2v) is 2.98. The minimum Gasteiger partial charge on any atom is -0.362 e. The molecule has 0 spiro atoms. The molecule has 5 nitrogen and oxygen atoms in total. The summed E-state index contributed by atoms with van der Waals surface area (Å²) in [5, 5.41) is 4.45. The Hall–Kier alpha value is -2.30. The van der Waals surface area contributed by atoms with E-state index in [1.54, 1.807) is 30.6 Å². The van der Waals surface area contributed by atoms with Crippen LogP contribution in [0.2, 0.25) is 0 Å². The first kappa shape index (κ1) is 9.26. The van der Waals surface area contributed by atoms with Crippen LogP contribution in [0.4, 0.5) is 0 Å². The van der Waals surface area contributed by atoms with E-state index in [9.17, 15) is 4.79 Å². The smallest absolute Gasteiger partial charge is 0.188 e. The number of carbonyl (C=O) groups is 1. The highest BCUT2D eigenvalue weighted by molar-refractivity contribution is 5.98. The van der Waals surface area contributed by atoms with Crippen LogP contribution in [0.3, 0.4) is 0 Å². The van der Waals surface area contributed by atoms with Crippen molar-refractivity contribution in [2.45, 2.75) is 0 Å². The Kier molecular flexibility index (Phi) is 2.37. The molecule has 0 unspecified atom stereocenters. The minimum atomic E-state index is -0.448. The molecule has 0 saturated carbocycles. The third-order valence-corrected chi connectivity index (χ3v) is 2.05. The van der Waals surface area contributed by atoms with Crippen molar-refractivity contribution in [2.75, 3.05) is 0 Å². The molecule has 0 fully saturated rings. The molecule has 0 radical (unpaired) electrons. The van der Waals surface area contributed by atoms with E-state index in [2.05, 4.69) is 10.2 Å². The summed E-state index contributed by atoms with van der Waals surface area (Å²) in [6, 6.07) is 6.94. The Labute approximate surface area is 85.6 Å². The van der Waals surface area contributed by atoms with E-state index in [0.29, 0.717) is 5.56 Å². The average Bonchev–Trinajstić information content (AvgIpc) is 2.29. The zero-order valence-corrected chi connectivity index (χ0v) is 7.71. The molecule has 5 heteroatoms. The molecule has 0 saturated heterocycles. The number of rotatable bonds is 2. The van der Waals surface area contributed by atoms with Crippen LogP contribution in [-0.2, 0) is 0 Å². The fraction of sp³-hybridized carbons (Fsp3) is 0. The van der Waals surface area contributed by atoms with Crippen LogP contribution in [0.15, 0.2) is 41.9 Å². The van der Waals surface area contributed by atoms with Gasteiger partial charge in [-0.3, -0.25) is 15.0 Å². The predicted molar refractivity (Wildman–Crippen MR) is 55.0 cm³/mol. The predicted octanol–water partition coefficient (Wildman–Crippen LogP) is 1.90. The fourth-order valence-corrected chi connectivity index (χ4v) is 1.33. The Morgan fingerprint density at radius 1 is 1.33 bits per heavy atom. The van der Waals surface area contributed by atoms with Gasteiger partial charge in [-0.25, -0.2) is 0 Å². The van der Waals surface area contributed by atoms with Gasteiger partial charge in [0.25, 0.3) is 0 Å². The molecule has 1 amide bonds. The van der Waals surface area contributed by atoms with Gasteiger partial charge in [0, 0.05) is 23.3 Å². The number of pyridine rings is 1. The van der Waals surface area contributed by atoms with Crippen LogP contribution < -0.4 is 5.43 Å². The molecule has 2 aromatic rings. The zero-order valence-electron chi connectivity index (χ0n) is 7.71. The van der Waals surface area contributed by atoms with E-state index in [1.807, 2.05) is 11.5 Å². The number of nitrogens with one attached hydrogen (secondary N) is 1. The molecule has 0 aliphatic heterocycles. The second kappa shape index (κ2) is 3.83. The Morgan fingerprint density at radius 2 is 2.20 bits per heavy atom. The van der Waals surface area contributed by atoms with Gasteiger partial charge in [-0.2, -0.15) is 0 Å². The molecule has 1 N–H and O–H groups in total. The van der Waals surface area contributed by atoms with Gasteiger partial charge in [-0.15, -0.1) is 0 Å². The fourth-order valence-electron chi connectivity index (χ4n) is 1.33. The van der Waals surface area contributed by atoms with E-state index in [1.165, 1.54) is 0 Å². The highest BCUT2D eigenvalue weighted by Crippen LogP contribution is 2.14. The molecule has 1 aromatic carbocycles. The van der Waals surface area contributed by atoms with Crippen LogP contribution in [0, 0.1) is 0 Å². The first-order valence-electron chi connectivity index (χ1n) is 4.29. The van der Waals surface area contributed by atoms with Crippen LogP contribution in [0.1, 0.15) is 10.4 Å². The van der Waals surface area contributed by atoms with Gasteiger partial charge in [0.15, 0.2) is 5.91 Å². The maximum atomic E-state index is 11.3. The molecule has 0 atom stereocenters. The maximum absolute atomic E-state index is 11.3. The normalized spacial score (nSPS) is 9.87. The van der Waals surface area contributed by atoms with Gasteiger partial charge in [0.05, 0.1) is 0 Å². The van der Waals surface area contributed by atoms with Crippen LogP contribution in [0.5, 0.6) is 0 Å². The van der Waals surface area contributed by atoms with E-state index in [0.717, 1.165) is 10.8 Å². The molecular formula is C10H7N4O-. The number of nitrogens with zero attached hydrogens (tertiary/aromatic N) is 3. The molecular weight excluding hydrogens is 192 g/mol. The van der Waals surface area contributed by atoms with Crippen molar-refractivity contribution in [3.63, 3.8) is 0 Å². The van der Waals surface area contributed by atoms with E-state index in [4.69, 9.17) is 5.53 Å². The summed E-state index contributed by atoms with van der Waals surface area (Å²) in [5.74, 6) is -0.448. The standard InChI is InChI=1S/C10H7N4O/c11-14-13-10(15)8-1-2-9-6-12-4-3-7(9)5-8/h1-6H,(H-,11,13,15)/q-1. The highest BCUT2D eigenvalue weighted by Gasteiger charge is 2.00. The van der Waals surface area contributed by atoms with Crippen molar-refractivity contribution in [1.82, 2.24) is 10.4 Å². The largest absolute Gasteiger partial charge is 0.362 e. The molecule has 0 aliphatic carbocycles. The summed E-state index contributed by atoms with van der Waals surface area (Å²) < 4.78 is 0. The molecule has 0 aliphatic rings. The third kappa shape index (κ3) is 1.80. The minimum absolute atomic E-state index is 0.437. The first-order valence-corrected chi connectivity index (χ1v) is 4.29. The number of aromatic nitrogens is 1. The molecule has 15 heavy (non-hydrogen) atoms. The van der Waals surface area contributed by atoms with Crippen molar-refractivity contribution in [1.29, 1.82) is 0 Å². The molecule has 1 aromatic heterocycles. The summed E-state index contributed by atoms with van der Waals surface area (Å²) >= 11 is 0. The second-order valence-electron chi connectivity index (χ2n) is 2.98. The van der Waals surface area contributed by atoms with Crippen LogP contribution in [0.25, 0.3) is 16.3 Å². The molecule has 0 bridgehead atoms. The van der Waals surface area contributed by atoms with E-state index < -0.39 is 5.91 Å². The monoisotopic (exact) mass is 199 g/mol. The Balaban J connectivity index is 2.46. The van der Waals surface area contributed by atoms with Crippen molar-refractivity contribution >= 4 is 16.7 Å². The molecule has 74 valence electrons. The average molecular weight is 199 g/mol. The van der Waals surface area contributed by atoms with Gasteiger partial charge in [-0.1, -0.05) is 12.1 Å². The van der Waals surface area contributed by atoms with E-state index in [-0.39, 0.29) is 0 Å². The number of carbonyl (C=O) groups excluding carboxylic acids is 1. The Bertz CT molecular complexity index is 524. The Morgan fingerprint density at radius 3 is 3.00 bits per heavy atom. The molecule has 1 heterocycles. The maximum Gasteiger partial charge on any atom is 0.188 e. The summed E-state index contributed by atoms with van der Waals surface area (Å²) in [6.45, 7) is 0. The van der Waals surface area contributed by atoms with Crippen LogP contribution >= 0.6 is 0 Å². The summed E-state index contributed by atoms with van der Waals surface area (Å²) in [7, 11) is 0. The van der Waals surface area contributed by atoms with Gasteiger partial charge < -0.3 is 11.0 Å². The first-order chi connectivity index (χ1) is 7.31. The SMILES string of the molecule is [N-]=NNC(=O)c1ccc2cnccc2c1. The summed E-state index contributed by atoms with van der Waals surface area (Å²) in [5.41, 5.74) is 10.6.